The molecule has 0 aliphatic carbocycles. The molecule has 0 saturated heterocycles. The van der Waals surface area contributed by atoms with Gasteiger partial charge in [0.05, 0.1) is 10.9 Å². The van der Waals surface area contributed by atoms with Crippen LogP contribution in [-0.2, 0) is 20.4 Å². The Kier molecular flexibility index (Phi) is 8.62. The van der Waals surface area contributed by atoms with E-state index in [-0.39, 0.29) is 16.4 Å². The van der Waals surface area contributed by atoms with Gasteiger partial charge in [0.1, 0.15) is 29.0 Å². The standard InChI is InChI=1S/C31H23F4O3S/c1-31(2,13-12-21-6-4-3-5-7-21)38-30(36)20-37-26-8-10-27(11-9-26)39(28-16-22(32)14-23(33)17-28)29-18-24(34)15-25(35)19-29/h3-11,14-19H,20H2,1-2H3/q+1. The summed E-state index contributed by atoms with van der Waals surface area (Å²) in [5.74, 6) is 2.33. The van der Waals surface area contributed by atoms with E-state index in [4.69, 9.17) is 9.47 Å². The molecular weight excluding hydrogens is 528 g/mol. The van der Waals surface area contributed by atoms with Crippen LogP contribution in [0, 0.1) is 35.1 Å². The van der Waals surface area contributed by atoms with Crippen LogP contribution in [0.25, 0.3) is 0 Å². The Hall–Kier alpha value is -4.22. The Morgan fingerprint density at radius 1 is 0.744 bits per heavy atom. The van der Waals surface area contributed by atoms with Crippen molar-refractivity contribution in [2.24, 2.45) is 0 Å². The Morgan fingerprint density at radius 3 is 1.77 bits per heavy atom. The minimum Gasteiger partial charge on any atom is -0.482 e. The van der Waals surface area contributed by atoms with Crippen molar-refractivity contribution in [3.05, 3.63) is 120 Å². The molecule has 8 heteroatoms. The van der Waals surface area contributed by atoms with Gasteiger partial charge in [-0.05, 0) is 50.2 Å². The number of ether oxygens (including phenoxy) is 2. The van der Waals surface area contributed by atoms with E-state index >= 15 is 0 Å². The molecule has 0 aliphatic rings. The predicted octanol–water partition coefficient (Wildman–Crippen LogP) is 7.09. The van der Waals surface area contributed by atoms with E-state index in [1.54, 1.807) is 38.1 Å². The number of benzene rings is 4. The van der Waals surface area contributed by atoms with Gasteiger partial charge in [0, 0.05) is 42.0 Å². The molecule has 4 rings (SSSR count). The summed E-state index contributed by atoms with van der Waals surface area (Å²) in [6, 6.07) is 21.5. The van der Waals surface area contributed by atoms with Gasteiger partial charge in [0.25, 0.3) is 0 Å². The normalized spacial score (nSPS) is 11.1. The highest BCUT2D eigenvalue weighted by Crippen LogP contribution is 2.34. The van der Waals surface area contributed by atoms with Gasteiger partial charge in [-0.2, -0.15) is 0 Å². The van der Waals surface area contributed by atoms with E-state index < -0.39 is 45.7 Å². The van der Waals surface area contributed by atoms with Crippen molar-refractivity contribution in [1.29, 1.82) is 0 Å². The predicted molar refractivity (Wildman–Crippen MR) is 140 cm³/mol. The molecule has 0 N–H and O–H groups in total. The third-order valence-corrected chi connectivity index (χ3v) is 7.37. The Labute approximate surface area is 226 Å². The van der Waals surface area contributed by atoms with Crippen molar-refractivity contribution in [3.63, 3.8) is 0 Å². The maximum absolute atomic E-state index is 14.0. The van der Waals surface area contributed by atoms with E-state index in [9.17, 15) is 22.4 Å². The smallest absolute Gasteiger partial charge is 0.345 e. The van der Waals surface area contributed by atoms with Crippen LogP contribution in [0.4, 0.5) is 17.6 Å². The first-order valence-electron chi connectivity index (χ1n) is 11.8. The molecule has 4 aromatic carbocycles. The highest BCUT2D eigenvalue weighted by atomic mass is 32.2. The molecule has 0 spiro atoms. The lowest BCUT2D eigenvalue weighted by Crippen LogP contribution is -2.29. The topological polar surface area (TPSA) is 35.5 Å². The second-order valence-corrected chi connectivity index (χ2v) is 10.9. The van der Waals surface area contributed by atoms with Crippen LogP contribution in [0.15, 0.2) is 106 Å². The summed E-state index contributed by atoms with van der Waals surface area (Å²) in [6.07, 6.45) is 0. The molecule has 0 aromatic heterocycles. The average molecular weight is 552 g/mol. The number of hydrogen-bond acceptors (Lipinski definition) is 3. The van der Waals surface area contributed by atoms with Crippen molar-refractivity contribution in [2.75, 3.05) is 6.61 Å². The van der Waals surface area contributed by atoms with Gasteiger partial charge in [-0.1, -0.05) is 30.0 Å². The Bertz CT molecular complexity index is 1440. The third kappa shape index (κ3) is 7.88. The van der Waals surface area contributed by atoms with E-state index in [2.05, 4.69) is 11.8 Å². The van der Waals surface area contributed by atoms with Crippen LogP contribution in [0.5, 0.6) is 5.75 Å². The van der Waals surface area contributed by atoms with Crippen molar-refractivity contribution < 1.29 is 31.8 Å². The molecule has 0 bridgehead atoms. The molecule has 0 fully saturated rings. The molecule has 198 valence electrons. The number of esters is 1. The number of halogens is 4. The lowest BCUT2D eigenvalue weighted by atomic mass is 10.1. The SMILES string of the molecule is CC(C)(C#Cc1ccccc1)OC(=O)COc1ccc([S+](c2cc(F)cc(F)c2)c2cc(F)cc(F)c2)cc1. The van der Waals surface area contributed by atoms with Crippen LogP contribution in [-0.4, -0.2) is 18.2 Å². The minimum absolute atomic E-state index is 0.202. The molecule has 0 unspecified atom stereocenters. The molecule has 0 atom stereocenters. The molecule has 0 radical (unpaired) electrons. The molecule has 0 aliphatic heterocycles. The lowest BCUT2D eigenvalue weighted by molar-refractivity contribution is -0.154. The minimum atomic E-state index is -1.23. The van der Waals surface area contributed by atoms with Gasteiger partial charge in [-0.3, -0.25) is 0 Å². The zero-order valence-corrected chi connectivity index (χ0v) is 21.8. The summed E-state index contributed by atoms with van der Waals surface area (Å²) in [4.78, 5) is 13.3. The first kappa shape index (κ1) is 27.8. The van der Waals surface area contributed by atoms with Crippen LogP contribution in [0.2, 0.25) is 0 Å². The summed E-state index contributed by atoms with van der Waals surface area (Å²) in [7, 11) is -1.23. The zero-order valence-electron chi connectivity index (χ0n) is 21.0. The fourth-order valence-electron chi connectivity index (χ4n) is 3.60. The fraction of sp³-hybridized carbons (Fsp3) is 0.129. The molecule has 0 amide bonds. The molecular formula is C31H23F4O3S+. The summed E-state index contributed by atoms with van der Waals surface area (Å²) >= 11 is 0. The maximum Gasteiger partial charge on any atom is 0.345 e. The molecule has 3 nitrogen and oxygen atoms in total. The van der Waals surface area contributed by atoms with Gasteiger partial charge in [0.2, 0.25) is 0 Å². The van der Waals surface area contributed by atoms with Crippen LogP contribution in [0.1, 0.15) is 19.4 Å². The first-order chi connectivity index (χ1) is 18.6. The molecule has 0 saturated carbocycles. The van der Waals surface area contributed by atoms with Gasteiger partial charge in [0.15, 0.2) is 26.9 Å². The maximum atomic E-state index is 14.0. The number of hydrogen-bond donors (Lipinski definition) is 0. The van der Waals surface area contributed by atoms with Crippen LogP contribution < -0.4 is 4.74 Å². The summed E-state index contributed by atoms with van der Waals surface area (Å²) in [6.45, 7) is 2.95. The molecule has 0 heterocycles. The van der Waals surface area contributed by atoms with Crippen LogP contribution >= 0.6 is 0 Å². The van der Waals surface area contributed by atoms with Crippen molar-refractivity contribution in [2.45, 2.75) is 34.1 Å². The molecule has 39 heavy (non-hydrogen) atoms. The van der Waals surface area contributed by atoms with Crippen LogP contribution in [0.3, 0.4) is 0 Å². The van der Waals surface area contributed by atoms with Gasteiger partial charge >= 0.3 is 5.97 Å². The van der Waals surface area contributed by atoms with E-state index in [1.165, 1.54) is 0 Å². The summed E-state index contributed by atoms with van der Waals surface area (Å²) in [5.41, 5.74) is -0.256. The van der Waals surface area contributed by atoms with Gasteiger partial charge < -0.3 is 9.47 Å². The third-order valence-electron chi connectivity index (χ3n) is 5.21. The van der Waals surface area contributed by atoms with E-state index in [1.807, 2.05) is 30.3 Å². The Balaban J connectivity index is 1.48. The zero-order chi connectivity index (χ0) is 28.0. The van der Waals surface area contributed by atoms with Gasteiger partial charge in [-0.25, -0.2) is 22.4 Å². The lowest BCUT2D eigenvalue weighted by Gasteiger charge is -2.19. The highest BCUT2D eigenvalue weighted by Gasteiger charge is 2.31. The van der Waals surface area contributed by atoms with Gasteiger partial charge in [-0.15, -0.1) is 0 Å². The average Bonchev–Trinajstić information content (AvgIpc) is 2.86. The number of carbonyl (C=O) groups excluding carboxylic acids is 1. The number of rotatable bonds is 7. The largest absolute Gasteiger partial charge is 0.482 e. The fourth-order valence-corrected chi connectivity index (χ4v) is 5.75. The second-order valence-electron chi connectivity index (χ2n) is 8.88. The highest BCUT2D eigenvalue weighted by molar-refractivity contribution is 7.97. The summed E-state index contributed by atoms with van der Waals surface area (Å²) in [5, 5.41) is 0. The van der Waals surface area contributed by atoms with Crippen molar-refractivity contribution in [1.82, 2.24) is 0 Å². The quantitative estimate of drug-likeness (QED) is 0.107. The van der Waals surface area contributed by atoms with Crippen molar-refractivity contribution >= 4 is 16.9 Å². The monoisotopic (exact) mass is 551 g/mol. The summed E-state index contributed by atoms with van der Waals surface area (Å²) < 4.78 is 67.0. The van der Waals surface area contributed by atoms with E-state index in [0.29, 0.717) is 10.6 Å². The second kappa shape index (κ2) is 12.1. The number of carbonyl (C=O) groups is 1. The van der Waals surface area contributed by atoms with Crippen molar-refractivity contribution in [3.8, 4) is 17.6 Å². The molecule has 4 aromatic rings. The first-order valence-corrected chi connectivity index (χ1v) is 13.0. The van der Waals surface area contributed by atoms with E-state index in [0.717, 1.165) is 42.0 Å². The Morgan fingerprint density at radius 2 is 1.26 bits per heavy atom.